The van der Waals surface area contributed by atoms with Gasteiger partial charge in [0.15, 0.2) is 0 Å². The van der Waals surface area contributed by atoms with Crippen LogP contribution in [0.4, 0.5) is 13.2 Å². The molecule has 22 heavy (non-hydrogen) atoms. The molecule has 114 valence electrons. The highest BCUT2D eigenvalue weighted by Crippen LogP contribution is 2.33. The highest BCUT2D eigenvalue weighted by molar-refractivity contribution is 7.17. The third-order valence-corrected chi connectivity index (χ3v) is 4.30. The van der Waals surface area contributed by atoms with E-state index in [0.717, 1.165) is 21.2 Å². The lowest BCUT2D eigenvalue weighted by molar-refractivity contribution is -0.274. The average molecular weight is 323 g/mol. The smallest absolute Gasteiger partial charge is 0.406 e. The standard InChI is InChI=1S/C16H12F3NOS/c17-16(18,19)21-11-7-5-10(6-8-11)15(20)13-9-22-14-4-2-1-3-12(13)14/h1-9,15H,20H2/t15-/m0/s1. The van der Waals surface area contributed by atoms with Gasteiger partial charge < -0.3 is 10.5 Å². The van der Waals surface area contributed by atoms with Crippen molar-refractivity contribution in [2.24, 2.45) is 5.73 Å². The molecule has 2 aromatic carbocycles. The second-order valence-electron chi connectivity index (χ2n) is 4.78. The van der Waals surface area contributed by atoms with Gasteiger partial charge in [-0.25, -0.2) is 0 Å². The van der Waals surface area contributed by atoms with Crippen LogP contribution in [0.1, 0.15) is 17.2 Å². The lowest BCUT2D eigenvalue weighted by Gasteiger charge is -2.13. The Morgan fingerprint density at radius 3 is 2.36 bits per heavy atom. The number of fused-ring (bicyclic) bond motifs is 1. The third kappa shape index (κ3) is 3.08. The largest absolute Gasteiger partial charge is 0.573 e. The topological polar surface area (TPSA) is 35.2 Å². The molecule has 1 heterocycles. The van der Waals surface area contributed by atoms with Crippen molar-refractivity contribution >= 4 is 21.4 Å². The minimum absolute atomic E-state index is 0.251. The molecule has 2 nitrogen and oxygen atoms in total. The van der Waals surface area contributed by atoms with Crippen LogP contribution in [0.25, 0.3) is 10.1 Å². The quantitative estimate of drug-likeness (QED) is 0.748. The molecule has 1 aromatic heterocycles. The maximum atomic E-state index is 12.2. The van der Waals surface area contributed by atoms with Gasteiger partial charge in [0.1, 0.15) is 5.75 Å². The Kier molecular flexibility index (Phi) is 3.80. The SMILES string of the molecule is N[C@@H](c1ccc(OC(F)(F)F)cc1)c1csc2ccccc12. The van der Waals surface area contributed by atoms with Crippen LogP contribution in [-0.4, -0.2) is 6.36 Å². The van der Waals surface area contributed by atoms with E-state index in [4.69, 9.17) is 5.73 Å². The van der Waals surface area contributed by atoms with E-state index in [1.54, 1.807) is 23.5 Å². The Labute approximate surface area is 128 Å². The minimum atomic E-state index is -4.69. The summed E-state index contributed by atoms with van der Waals surface area (Å²) in [4.78, 5) is 0. The predicted molar refractivity (Wildman–Crippen MR) is 81.0 cm³/mol. The van der Waals surface area contributed by atoms with Crippen LogP contribution < -0.4 is 10.5 Å². The van der Waals surface area contributed by atoms with Crippen LogP contribution in [0.15, 0.2) is 53.9 Å². The Balaban J connectivity index is 1.87. The van der Waals surface area contributed by atoms with Crippen LogP contribution in [0.3, 0.4) is 0 Å². The molecule has 0 unspecified atom stereocenters. The van der Waals surface area contributed by atoms with Gasteiger partial charge in [-0.1, -0.05) is 30.3 Å². The number of nitrogens with two attached hydrogens (primary N) is 1. The van der Waals surface area contributed by atoms with Crippen molar-refractivity contribution in [3.05, 3.63) is 65.0 Å². The molecule has 0 aliphatic rings. The molecule has 3 rings (SSSR count). The predicted octanol–water partition coefficient (Wildman–Crippen LogP) is 4.85. The zero-order valence-electron chi connectivity index (χ0n) is 11.3. The Bertz CT molecular complexity index is 780. The number of rotatable bonds is 3. The van der Waals surface area contributed by atoms with Crippen molar-refractivity contribution in [1.29, 1.82) is 0 Å². The summed E-state index contributed by atoms with van der Waals surface area (Å²) in [5.41, 5.74) is 7.95. The summed E-state index contributed by atoms with van der Waals surface area (Å²) in [6.07, 6.45) is -4.69. The highest BCUT2D eigenvalue weighted by Gasteiger charge is 2.31. The Morgan fingerprint density at radius 1 is 1.00 bits per heavy atom. The number of alkyl halides is 3. The van der Waals surface area contributed by atoms with E-state index in [1.165, 1.54) is 12.1 Å². The molecule has 3 aromatic rings. The molecular weight excluding hydrogens is 311 g/mol. The van der Waals surface area contributed by atoms with Gasteiger partial charge >= 0.3 is 6.36 Å². The second-order valence-corrected chi connectivity index (χ2v) is 5.69. The fourth-order valence-corrected chi connectivity index (χ4v) is 3.29. The summed E-state index contributed by atoms with van der Waals surface area (Å²) in [6, 6.07) is 13.2. The summed E-state index contributed by atoms with van der Waals surface area (Å²) in [5, 5.41) is 3.05. The lowest BCUT2D eigenvalue weighted by atomic mass is 9.99. The van der Waals surface area contributed by atoms with Gasteiger partial charge in [0, 0.05) is 4.70 Å². The van der Waals surface area contributed by atoms with E-state index in [-0.39, 0.29) is 5.75 Å². The van der Waals surface area contributed by atoms with Crippen LogP contribution in [0.5, 0.6) is 5.75 Å². The maximum absolute atomic E-state index is 12.2. The molecule has 0 aliphatic carbocycles. The molecule has 6 heteroatoms. The van der Waals surface area contributed by atoms with Gasteiger partial charge in [0.05, 0.1) is 6.04 Å². The first kappa shape index (κ1) is 14.9. The molecule has 1 atom stereocenters. The molecule has 0 spiro atoms. The fourth-order valence-electron chi connectivity index (χ4n) is 2.30. The van der Waals surface area contributed by atoms with Gasteiger partial charge in [-0.15, -0.1) is 24.5 Å². The van der Waals surface area contributed by atoms with Crippen molar-refractivity contribution in [1.82, 2.24) is 0 Å². The lowest BCUT2D eigenvalue weighted by Crippen LogP contribution is -2.17. The van der Waals surface area contributed by atoms with Crippen LogP contribution >= 0.6 is 11.3 Å². The first-order valence-corrected chi connectivity index (χ1v) is 7.39. The summed E-state index contributed by atoms with van der Waals surface area (Å²) in [6.45, 7) is 0. The van der Waals surface area contributed by atoms with E-state index in [0.29, 0.717) is 0 Å². The summed E-state index contributed by atoms with van der Waals surface area (Å²) < 4.78 is 41.4. The van der Waals surface area contributed by atoms with Gasteiger partial charge in [0.2, 0.25) is 0 Å². The van der Waals surface area contributed by atoms with Gasteiger partial charge in [-0.3, -0.25) is 0 Å². The normalized spacial score (nSPS) is 13.3. The number of ether oxygens (including phenoxy) is 1. The molecule has 0 amide bonds. The number of halogens is 3. The summed E-state index contributed by atoms with van der Waals surface area (Å²) >= 11 is 1.59. The van der Waals surface area contributed by atoms with Crippen LogP contribution in [0.2, 0.25) is 0 Å². The number of thiophene rings is 1. The molecule has 0 saturated carbocycles. The molecular formula is C16H12F3NOS. The molecule has 0 aliphatic heterocycles. The maximum Gasteiger partial charge on any atom is 0.573 e. The molecule has 0 radical (unpaired) electrons. The van der Waals surface area contributed by atoms with Crippen LogP contribution in [0, 0.1) is 0 Å². The van der Waals surface area contributed by atoms with Crippen molar-refractivity contribution in [3.8, 4) is 5.75 Å². The molecule has 2 N–H and O–H groups in total. The van der Waals surface area contributed by atoms with Gasteiger partial charge in [-0.2, -0.15) is 0 Å². The van der Waals surface area contributed by atoms with Gasteiger partial charge in [0.25, 0.3) is 0 Å². The number of hydrogen-bond donors (Lipinski definition) is 1. The zero-order chi connectivity index (χ0) is 15.7. The highest BCUT2D eigenvalue weighted by atomic mass is 32.1. The summed E-state index contributed by atoms with van der Waals surface area (Å²) in [7, 11) is 0. The second kappa shape index (κ2) is 5.62. The molecule has 0 fully saturated rings. The summed E-state index contributed by atoms with van der Waals surface area (Å²) in [5.74, 6) is -0.251. The number of benzene rings is 2. The zero-order valence-corrected chi connectivity index (χ0v) is 12.1. The van der Waals surface area contributed by atoms with Crippen molar-refractivity contribution in [2.45, 2.75) is 12.4 Å². The number of hydrogen-bond acceptors (Lipinski definition) is 3. The van der Waals surface area contributed by atoms with Gasteiger partial charge in [-0.05, 0) is 40.1 Å². The average Bonchev–Trinajstić information content (AvgIpc) is 2.89. The van der Waals surface area contributed by atoms with Crippen molar-refractivity contribution in [3.63, 3.8) is 0 Å². The van der Waals surface area contributed by atoms with Crippen molar-refractivity contribution in [2.75, 3.05) is 0 Å². The van der Waals surface area contributed by atoms with E-state index in [9.17, 15) is 13.2 Å². The van der Waals surface area contributed by atoms with E-state index >= 15 is 0 Å². The minimum Gasteiger partial charge on any atom is -0.406 e. The van der Waals surface area contributed by atoms with E-state index in [1.807, 2.05) is 29.6 Å². The molecule has 0 bridgehead atoms. The Hall–Kier alpha value is -2.05. The van der Waals surface area contributed by atoms with E-state index in [2.05, 4.69) is 4.74 Å². The Morgan fingerprint density at radius 2 is 1.68 bits per heavy atom. The monoisotopic (exact) mass is 323 g/mol. The first-order valence-electron chi connectivity index (χ1n) is 6.51. The first-order chi connectivity index (χ1) is 10.4. The van der Waals surface area contributed by atoms with Crippen molar-refractivity contribution < 1.29 is 17.9 Å². The van der Waals surface area contributed by atoms with Crippen LogP contribution in [-0.2, 0) is 0 Å². The fraction of sp³-hybridized carbons (Fsp3) is 0.125. The molecule has 0 saturated heterocycles. The third-order valence-electron chi connectivity index (χ3n) is 3.32. The van der Waals surface area contributed by atoms with E-state index < -0.39 is 12.4 Å².